The number of fused-ring (bicyclic) bond motifs is 1. The highest BCUT2D eigenvalue weighted by molar-refractivity contribution is 9.10. The Morgan fingerprint density at radius 3 is 2.59 bits per heavy atom. The number of nitriles is 1. The highest BCUT2D eigenvalue weighted by atomic mass is 79.9. The van der Waals surface area contributed by atoms with Gasteiger partial charge in [0.15, 0.2) is 0 Å². The predicted molar refractivity (Wildman–Crippen MR) is 88.6 cm³/mol. The summed E-state index contributed by atoms with van der Waals surface area (Å²) < 4.78 is 0.851. The summed E-state index contributed by atoms with van der Waals surface area (Å²) in [5, 5.41) is 9.49. The first-order chi connectivity index (χ1) is 10.7. The van der Waals surface area contributed by atoms with Gasteiger partial charge < -0.3 is 15.4 Å². The molecule has 1 aliphatic rings. The van der Waals surface area contributed by atoms with E-state index in [0.717, 1.165) is 22.0 Å². The number of carbonyl (C=O) groups is 1. The number of rotatable bonds is 2. The van der Waals surface area contributed by atoms with Gasteiger partial charge in [0.25, 0.3) is 0 Å². The average Bonchev–Trinajstić information content (AvgIpc) is 2.54. The molecule has 1 heterocycles. The quantitative estimate of drug-likeness (QED) is 0.840. The second-order valence-corrected chi connectivity index (χ2v) is 5.81. The Morgan fingerprint density at radius 1 is 1.23 bits per heavy atom. The summed E-state index contributed by atoms with van der Waals surface area (Å²) in [6, 6.07) is 16.4. The van der Waals surface area contributed by atoms with Crippen LogP contribution in [0.15, 0.2) is 58.8 Å². The Kier molecular flexibility index (Phi) is 3.70. The number of nitrogens with two attached hydrogens (primary N) is 1. The van der Waals surface area contributed by atoms with Gasteiger partial charge in [0.05, 0.1) is 5.57 Å². The molecule has 0 aromatic heterocycles. The molecule has 2 aromatic carbocycles. The minimum atomic E-state index is -0.563. The maximum atomic E-state index is 11.7. The molecule has 0 amide bonds. The van der Waals surface area contributed by atoms with E-state index in [2.05, 4.69) is 22.0 Å². The average molecular weight is 354 g/mol. The number of benzene rings is 2. The van der Waals surface area contributed by atoms with Gasteiger partial charge in [-0.15, -0.1) is 0 Å². The SMILES string of the molecule is N#CC1=C(N)N(c2ccccc2)C(C=O)c2cc(Br)ccc21. The van der Waals surface area contributed by atoms with Crippen LogP contribution in [0.4, 0.5) is 5.69 Å². The molecule has 0 saturated heterocycles. The van der Waals surface area contributed by atoms with Gasteiger partial charge in [0.1, 0.15) is 24.2 Å². The lowest BCUT2D eigenvalue weighted by molar-refractivity contribution is -0.109. The standard InChI is InChI=1S/C17H12BrN3O/c18-11-6-7-13-14(8-11)16(10-22)21(17(20)15(13)9-19)12-4-2-1-3-5-12/h1-8,10,16H,20H2. The first-order valence-corrected chi connectivity index (χ1v) is 7.46. The molecule has 0 bridgehead atoms. The van der Waals surface area contributed by atoms with E-state index in [1.165, 1.54) is 0 Å². The molecule has 4 nitrogen and oxygen atoms in total. The van der Waals surface area contributed by atoms with Gasteiger partial charge in [-0.05, 0) is 29.8 Å². The van der Waals surface area contributed by atoms with E-state index in [9.17, 15) is 10.1 Å². The number of nitrogens with zero attached hydrogens (tertiary/aromatic N) is 2. The van der Waals surface area contributed by atoms with E-state index >= 15 is 0 Å². The summed E-state index contributed by atoms with van der Waals surface area (Å²) in [5.74, 6) is 0.292. The molecular weight excluding hydrogens is 342 g/mol. The molecule has 0 fully saturated rings. The van der Waals surface area contributed by atoms with Gasteiger partial charge in [-0.2, -0.15) is 5.26 Å². The summed E-state index contributed by atoms with van der Waals surface area (Å²) >= 11 is 3.42. The van der Waals surface area contributed by atoms with Crippen molar-refractivity contribution in [1.29, 1.82) is 5.26 Å². The van der Waals surface area contributed by atoms with E-state index in [1.54, 1.807) is 4.90 Å². The van der Waals surface area contributed by atoms with Crippen LogP contribution in [0.5, 0.6) is 0 Å². The first kappa shape index (κ1) is 14.4. The molecule has 22 heavy (non-hydrogen) atoms. The van der Waals surface area contributed by atoms with Crippen LogP contribution in [0.3, 0.4) is 0 Å². The molecule has 1 aliphatic heterocycles. The van der Waals surface area contributed by atoms with Gasteiger partial charge in [-0.1, -0.05) is 40.2 Å². The molecule has 1 atom stereocenters. The summed E-state index contributed by atoms with van der Waals surface area (Å²) in [6.07, 6.45) is 0.847. The monoisotopic (exact) mass is 353 g/mol. The lowest BCUT2D eigenvalue weighted by Crippen LogP contribution is -2.37. The highest BCUT2D eigenvalue weighted by Crippen LogP contribution is 2.40. The Balaban J connectivity index is 2.29. The lowest BCUT2D eigenvalue weighted by atomic mass is 9.90. The second-order valence-electron chi connectivity index (χ2n) is 4.89. The van der Waals surface area contributed by atoms with Crippen LogP contribution in [-0.4, -0.2) is 6.29 Å². The third kappa shape index (κ3) is 2.18. The molecule has 3 rings (SSSR count). The second kappa shape index (κ2) is 5.66. The van der Waals surface area contributed by atoms with Gasteiger partial charge in [0, 0.05) is 15.7 Å². The van der Waals surface area contributed by atoms with Crippen LogP contribution in [0.2, 0.25) is 0 Å². The highest BCUT2D eigenvalue weighted by Gasteiger charge is 2.32. The summed E-state index contributed by atoms with van der Waals surface area (Å²) in [4.78, 5) is 13.4. The van der Waals surface area contributed by atoms with E-state index in [-0.39, 0.29) is 0 Å². The van der Waals surface area contributed by atoms with E-state index in [4.69, 9.17) is 5.73 Å². The molecule has 0 saturated carbocycles. The fraction of sp³-hybridized carbons (Fsp3) is 0.0588. The zero-order valence-corrected chi connectivity index (χ0v) is 13.1. The number of hydrogen-bond donors (Lipinski definition) is 1. The number of para-hydroxylation sites is 1. The number of carbonyl (C=O) groups excluding carboxylic acids is 1. The molecule has 2 aromatic rings. The van der Waals surface area contributed by atoms with Crippen molar-refractivity contribution in [2.75, 3.05) is 4.90 Å². The van der Waals surface area contributed by atoms with Crippen molar-refractivity contribution in [3.05, 3.63) is 70.0 Å². The van der Waals surface area contributed by atoms with Crippen molar-refractivity contribution in [3.63, 3.8) is 0 Å². The van der Waals surface area contributed by atoms with Crippen molar-refractivity contribution in [2.24, 2.45) is 5.73 Å². The van der Waals surface area contributed by atoms with Crippen molar-refractivity contribution in [1.82, 2.24) is 0 Å². The molecule has 0 radical (unpaired) electrons. The van der Waals surface area contributed by atoms with Crippen LogP contribution >= 0.6 is 15.9 Å². The van der Waals surface area contributed by atoms with E-state index in [1.807, 2.05) is 48.5 Å². The summed E-state index contributed by atoms with van der Waals surface area (Å²) in [7, 11) is 0. The van der Waals surface area contributed by atoms with Crippen LogP contribution in [0.25, 0.3) is 5.57 Å². The lowest BCUT2D eigenvalue weighted by Gasteiger charge is -2.36. The van der Waals surface area contributed by atoms with E-state index in [0.29, 0.717) is 17.0 Å². The third-order valence-electron chi connectivity index (χ3n) is 3.67. The maximum absolute atomic E-state index is 11.7. The van der Waals surface area contributed by atoms with Crippen LogP contribution in [0, 0.1) is 11.3 Å². The number of hydrogen-bond acceptors (Lipinski definition) is 4. The number of aldehydes is 1. The third-order valence-corrected chi connectivity index (χ3v) is 4.16. The molecule has 2 N–H and O–H groups in total. The molecule has 0 aliphatic carbocycles. The molecular formula is C17H12BrN3O. The first-order valence-electron chi connectivity index (χ1n) is 6.66. The predicted octanol–water partition coefficient (Wildman–Crippen LogP) is 3.36. The number of halogens is 1. The summed E-state index contributed by atoms with van der Waals surface area (Å²) in [6.45, 7) is 0. The minimum absolute atomic E-state index is 0.292. The Hall–Kier alpha value is -2.58. The molecule has 0 spiro atoms. The van der Waals surface area contributed by atoms with Crippen molar-refractivity contribution < 1.29 is 4.79 Å². The Labute approximate surface area is 136 Å². The van der Waals surface area contributed by atoms with Crippen molar-refractivity contribution in [3.8, 4) is 6.07 Å². The van der Waals surface area contributed by atoms with Crippen LogP contribution in [-0.2, 0) is 4.79 Å². The van der Waals surface area contributed by atoms with Crippen molar-refractivity contribution in [2.45, 2.75) is 6.04 Å². The largest absolute Gasteiger partial charge is 0.384 e. The Morgan fingerprint density at radius 2 is 1.95 bits per heavy atom. The smallest absolute Gasteiger partial charge is 0.147 e. The van der Waals surface area contributed by atoms with E-state index < -0.39 is 6.04 Å². The van der Waals surface area contributed by atoms with Gasteiger partial charge in [-0.3, -0.25) is 0 Å². The topological polar surface area (TPSA) is 70.1 Å². The van der Waals surface area contributed by atoms with Crippen LogP contribution in [0.1, 0.15) is 17.2 Å². The fourth-order valence-corrected chi connectivity index (χ4v) is 3.07. The zero-order valence-electron chi connectivity index (χ0n) is 11.5. The molecule has 1 unspecified atom stereocenters. The molecule has 5 heteroatoms. The fourth-order valence-electron chi connectivity index (χ4n) is 2.69. The van der Waals surface area contributed by atoms with Crippen LogP contribution < -0.4 is 10.6 Å². The number of anilines is 1. The minimum Gasteiger partial charge on any atom is -0.384 e. The van der Waals surface area contributed by atoms with Gasteiger partial charge in [0.2, 0.25) is 0 Å². The maximum Gasteiger partial charge on any atom is 0.147 e. The summed E-state index contributed by atoms with van der Waals surface area (Å²) in [5.41, 5.74) is 8.81. The Bertz CT molecular complexity index is 808. The molecule has 108 valence electrons. The van der Waals surface area contributed by atoms with Gasteiger partial charge >= 0.3 is 0 Å². The normalized spacial score (nSPS) is 16.9. The number of allylic oxidation sites excluding steroid dienone is 1. The zero-order chi connectivity index (χ0) is 15.7. The van der Waals surface area contributed by atoms with Crippen molar-refractivity contribution >= 4 is 33.5 Å². The van der Waals surface area contributed by atoms with Gasteiger partial charge in [-0.25, -0.2) is 0 Å².